The molecule has 18 heteroatoms. The summed E-state index contributed by atoms with van der Waals surface area (Å²) < 4.78 is 41.1. The number of amides is 3. The number of aryl methyl sites for hydroxylation is 1. The van der Waals surface area contributed by atoms with Crippen LogP contribution in [0.15, 0.2) is 61.3 Å². The highest BCUT2D eigenvalue weighted by Gasteiger charge is 2.50. The second-order valence-corrected chi connectivity index (χ2v) is 15.6. The molecule has 59 heavy (non-hydrogen) atoms. The number of carbonyl (C=O) groups excluding carboxylic acids is 4. The summed E-state index contributed by atoms with van der Waals surface area (Å²) in [6, 6.07) is 7.20. The first kappa shape index (κ1) is 39.4. The molecule has 0 bridgehead atoms. The molecule has 2 unspecified atom stereocenters. The number of hydrogen-bond donors (Lipinski definition) is 4. The molecule has 1 saturated heterocycles. The predicted molar refractivity (Wildman–Crippen MR) is 208 cm³/mol. The average Bonchev–Trinajstić information content (AvgIpc) is 4.04. The molecule has 1 aliphatic carbocycles. The second-order valence-electron chi connectivity index (χ2n) is 15.6. The third-order valence-electron chi connectivity index (χ3n) is 11.5. The molecule has 0 radical (unpaired) electrons. The summed E-state index contributed by atoms with van der Waals surface area (Å²) in [6.07, 6.45) is 8.21. The van der Waals surface area contributed by atoms with Crippen molar-refractivity contribution in [3.63, 3.8) is 0 Å². The number of H-pyrrole nitrogens is 2. The summed E-state index contributed by atoms with van der Waals surface area (Å²) in [5, 5.41) is 5.34. The number of Topliss-reactive ketones (excluding diaryl/α,β-unsaturated/α-hetero) is 1. The molecule has 3 aliphatic rings. The van der Waals surface area contributed by atoms with Crippen LogP contribution in [0.5, 0.6) is 0 Å². The minimum Gasteiger partial charge on any atom is -0.453 e. The molecule has 0 spiro atoms. The third-order valence-corrected chi connectivity index (χ3v) is 11.5. The normalized spacial score (nSPS) is 21.4. The maximum absolute atomic E-state index is 14.8. The van der Waals surface area contributed by atoms with Crippen LogP contribution in [0, 0.1) is 5.92 Å². The topological polar surface area (TPSA) is 202 Å². The zero-order valence-electron chi connectivity index (χ0n) is 32.9. The van der Waals surface area contributed by atoms with Gasteiger partial charge in [-0.2, -0.15) is 0 Å². The van der Waals surface area contributed by atoms with Gasteiger partial charge in [0.05, 0.1) is 50.3 Å². The van der Waals surface area contributed by atoms with E-state index in [4.69, 9.17) is 9.72 Å². The van der Waals surface area contributed by atoms with E-state index in [9.17, 15) is 28.0 Å². The molecule has 5 aromatic rings. The summed E-state index contributed by atoms with van der Waals surface area (Å²) >= 11 is 0. The van der Waals surface area contributed by atoms with Gasteiger partial charge in [0.25, 0.3) is 5.92 Å². The Hall–Kier alpha value is -6.46. The number of imidazole rings is 2. The number of methoxy groups -OCH3 is 2. The molecule has 16 nitrogen and oxygen atoms in total. The monoisotopic (exact) mass is 810 g/mol. The van der Waals surface area contributed by atoms with Gasteiger partial charge in [0.2, 0.25) is 5.91 Å². The molecule has 0 saturated carbocycles. The predicted octanol–water partition coefficient (Wildman–Crippen LogP) is 5.53. The number of aromatic amines is 2. The molecule has 8 rings (SSSR count). The Morgan fingerprint density at radius 2 is 1.68 bits per heavy atom. The molecule has 3 amide bonds. The lowest BCUT2D eigenvalue weighted by Gasteiger charge is -2.31. The van der Waals surface area contributed by atoms with Gasteiger partial charge in [0.15, 0.2) is 5.82 Å². The standard InChI is InChI=1S/C41H44F2N10O6/c1-21(2)33(51-40(57)59-4)38(55)53-20-41(42,43)14-30(53)37-47-18-29(49-37)26-15-44-35(45-16-26)24-7-5-22(6-8-24)28-17-46-36(48-28)25-13-31(54)32-27(50-39(56)58-3)10-9-23-11-12-52(19-25)34(23)32/h5-8,11-12,15-18,21,25,27,30,32-33H,9-10,13-14,19-20H2,1-4H3,(H,46,48)(H,47,49)(H,50,56)(H,51,57)/t25-,27-,30-,32?,33?/m0/s1. The van der Waals surface area contributed by atoms with Crippen LogP contribution in [-0.4, -0.2) is 102 Å². The highest BCUT2D eigenvalue weighted by molar-refractivity contribution is 5.89. The molecule has 308 valence electrons. The Morgan fingerprint density at radius 3 is 2.39 bits per heavy atom. The Bertz CT molecular complexity index is 2370. The number of alkyl carbamates (subject to hydrolysis) is 2. The third kappa shape index (κ3) is 7.78. The fourth-order valence-corrected chi connectivity index (χ4v) is 8.47. The number of carbonyl (C=O) groups is 4. The van der Waals surface area contributed by atoms with Gasteiger partial charge in [0.1, 0.15) is 23.5 Å². The maximum atomic E-state index is 14.8. The number of aromatic nitrogens is 7. The number of hydrogen-bond acceptors (Lipinski definition) is 10. The van der Waals surface area contributed by atoms with Gasteiger partial charge in [-0.15, -0.1) is 0 Å². The smallest absolute Gasteiger partial charge is 0.407 e. The Labute approximate surface area is 337 Å². The Balaban J connectivity index is 0.943. The van der Waals surface area contributed by atoms with Crippen LogP contribution < -0.4 is 10.6 Å². The van der Waals surface area contributed by atoms with Crippen LogP contribution in [0.4, 0.5) is 18.4 Å². The van der Waals surface area contributed by atoms with Crippen LogP contribution in [0.2, 0.25) is 0 Å². The van der Waals surface area contributed by atoms with Gasteiger partial charge >= 0.3 is 12.2 Å². The van der Waals surface area contributed by atoms with Crippen molar-refractivity contribution in [2.24, 2.45) is 5.92 Å². The first-order chi connectivity index (χ1) is 28.3. The van der Waals surface area contributed by atoms with E-state index in [0.717, 1.165) is 40.8 Å². The number of ether oxygens (including phenoxy) is 2. The fraction of sp³-hybridized carbons (Fsp3) is 0.415. The van der Waals surface area contributed by atoms with Crippen molar-refractivity contribution in [2.45, 2.75) is 82.0 Å². The molecular weight excluding hydrogens is 767 g/mol. The highest BCUT2D eigenvalue weighted by atomic mass is 19.3. The van der Waals surface area contributed by atoms with Gasteiger partial charge in [-0.05, 0) is 30.4 Å². The van der Waals surface area contributed by atoms with Crippen LogP contribution in [0.3, 0.4) is 0 Å². The summed E-state index contributed by atoms with van der Waals surface area (Å²) in [7, 11) is 2.48. The van der Waals surface area contributed by atoms with Crippen molar-refractivity contribution in [1.82, 2.24) is 50.0 Å². The van der Waals surface area contributed by atoms with E-state index in [0.29, 0.717) is 41.6 Å². The van der Waals surface area contributed by atoms with E-state index in [1.807, 2.05) is 36.7 Å². The number of nitrogens with one attached hydrogen (secondary N) is 4. The molecule has 1 aromatic carbocycles. The van der Waals surface area contributed by atoms with Gasteiger partial charge in [-0.1, -0.05) is 38.1 Å². The van der Waals surface area contributed by atoms with E-state index in [1.54, 1.807) is 26.2 Å². The molecule has 2 aliphatic heterocycles. The average molecular weight is 811 g/mol. The molecular formula is C41H44F2N10O6. The lowest BCUT2D eigenvalue weighted by molar-refractivity contribution is -0.136. The molecule has 6 heterocycles. The number of likely N-dealkylation sites (tertiary alicyclic amines) is 1. The van der Waals surface area contributed by atoms with Crippen LogP contribution in [0.25, 0.3) is 33.9 Å². The lowest BCUT2D eigenvalue weighted by atomic mass is 9.79. The van der Waals surface area contributed by atoms with Crippen molar-refractivity contribution in [3.8, 4) is 33.9 Å². The Kier molecular flexibility index (Phi) is 10.5. The lowest BCUT2D eigenvalue weighted by Crippen LogP contribution is -2.51. The molecule has 1 fully saturated rings. The van der Waals surface area contributed by atoms with Crippen molar-refractivity contribution in [3.05, 3.63) is 84.2 Å². The van der Waals surface area contributed by atoms with Crippen molar-refractivity contribution in [1.29, 1.82) is 0 Å². The summed E-state index contributed by atoms with van der Waals surface area (Å²) in [6.45, 7) is 3.17. The summed E-state index contributed by atoms with van der Waals surface area (Å²) in [4.78, 5) is 77.0. The second kappa shape index (κ2) is 15.7. The zero-order chi connectivity index (χ0) is 41.6. The number of benzene rings is 1. The summed E-state index contributed by atoms with van der Waals surface area (Å²) in [5.41, 5.74) is 5.45. The van der Waals surface area contributed by atoms with Gasteiger partial charge in [0, 0.05) is 78.5 Å². The fourth-order valence-electron chi connectivity index (χ4n) is 8.47. The number of alkyl halides is 2. The van der Waals surface area contributed by atoms with Crippen LogP contribution in [0.1, 0.15) is 73.9 Å². The largest absolute Gasteiger partial charge is 0.453 e. The van der Waals surface area contributed by atoms with Crippen molar-refractivity contribution >= 4 is 23.9 Å². The number of halogens is 2. The number of rotatable bonds is 9. The molecule has 5 atom stereocenters. The highest BCUT2D eigenvalue weighted by Crippen LogP contribution is 2.42. The van der Waals surface area contributed by atoms with Crippen LogP contribution in [-0.2, 0) is 32.0 Å². The maximum Gasteiger partial charge on any atom is 0.407 e. The Morgan fingerprint density at radius 1 is 0.949 bits per heavy atom. The molecule has 4 N–H and O–H groups in total. The van der Waals surface area contributed by atoms with Gasteiger partial charge in [-0.25, -0.2) is 38.3 Å². The zero-order valence-corrected chi connectivity index (χ0v) is 32.9. The van der Waals surface area contributed by atoms with Crippen LogP contribution >= 0.6 is 0 Å². The van der Waals surface area contributed by atoms with Gasteiger partial charge in [-0.3, -0.25) is 9.59 Å². The van der Waals surface area contributed by atoms with E-state index in [2.05, 4.69) is 50.9 Å². The van der Waals surface area contributed by atoms with Gasteiger partial charge < -0.3 is 39.5 Å². The first-order valence-corrected chi connectivity index (χ1v) is 19.4. The van der Waals surface area contributed by atoms with E-state index in [-0.39, 0.29) is 35.9 Å². The van der Waals surface area contributed by atoms with E-state index in [1.165, 1.54) is 13.3 Å². The van der Waals surface area contributed by atoms with E-state index >= 15 is 0 Å². The minimum absolute atomic E-state index is 0.0549. The van der Waals surface area contributed by atoms with Crippen molar-refractivity contribution in [2.75, 3.05) is 20.8 Å². The quantitative estimate of drug-likeness (QED) is 0.147. The first-order valence-electron chi connectivity index (χ1n) is 19.4. The summed E-state index contributed by atoms with van der Waals surface area (Å²) in [5.74, 6) is -3.45. The van der Waals surface area contributed by atoms with Crippen molar-refractivity contribution < 1.29 is 37.4 Å². The van der Waals surface area contributed by atoms with E-state index < -0.39 is 55.0 Å². The number of nitrogens with zero attached hydrogens (tertiary/aromatic N) is 6. The number of ketones is 1. The molecule has 4 aromatic heterocycles. The minimum atomic E-state index is -3.15. The SMILES string of the molecule is COC(=O)NC(C(=O)N1CC(F)(F)C[C@H]1c1ncc(-c2cnc(-c3ccc(-c4c[nH]c([C@H]5CC(=O)C6c7c(ccn7C5)CC[C@@H]6NC(=O)OC)n4)cc3)nc2)[nH]1)C(C)C.